The molecule has 0 radical (unpaired) electrons. The maximum atomic E-state index is 12.5. The van der Waals surface area contributed by atoms with Gasteiger partial charge in [-0.2, -0.15) is 0 Å². The van der Waals surface area contributed by atoms with Crippen LogP contribution in [0.3, 0.4) is 0 Å². The van der Waals surface area contributed by atoms with E-state index in [2.05, 4.69) is 10.0 Å². The second-order valence-electron chi connectivity index (χ2n) is 5.09. The first-order chi connectivity index (χ1) is 11.4. The van der Waals surface area contributed by atoms with E-state index in [9.17, 15) is 13.2 Å². The van der Waals surface area contributed by atoms with Gasteiger partial charge in [-0.05, 0) is 36.8 Å². The normalized spacial score (nSPS) is 10.9. The number of amides is 1. The third-order valence-corrected chi connectivity index (χ3v) is 4.59. The SMILES string of the molecule is CCOc1ccccc1NS(=O)(=O)c1ccc(CNC(C)=O)cc1. The number of anilines is 1. The zero-order valence-electron chi connectivity index (χ0n) is 13.6. The lowest BCUT2D eigenvalue weighted by atomic mass is 10.2. The molecule has 24 heavy (non-hydrogen) atoms. The number of para-hydroxylation sites is 2. The zero-order chi connectivity index (χ0) is 17.6. The zero-order valence-corrected chi connectivity index (χ0v) is 14.4. The van der Waals surface area contributed by atoms with Gasteiger partial charge in [0, 0.05) is 13.5 Å². The average Bonchev–Trinajstić information content (AvgIpc) is 2.55. The van der Waals surface area contributed by atoms with Crippen LogP contribution in [-0.4, -0.2) is 20.9 Å². The molecule has 0 saturated carbocycles. The molecule has 128 valence electrons. The summed E-state index contributed by atoms with van der Waals surface area (Å²) in [5, 5.41) is 2.66. The summed E-state index contributed by atoms with van der Waals surface area (Å²) in [4.78, 5) is 11.0. The summed E-state index contributed by atoms with van der Waals surface area (Å²) in [6.45, 7) is 4.06. The van der Waals surface area contributed by atoms with Gasteiger partial charge in [0.2, 0.25) is 5.91 Å². The van der Waals surface area contributed by atoms with E-state index in [1.54, 1.807) is 36.4 Å². The van der Waals surface area contributed by atoms with Gasteiger partial charge in [0.15, 0.2) is 0 Å². The Morgan fingerprint density at radius 1 is 1.08 bits per heavy atom. The van der Waals surface area contributed by atoms with Gasteiger partial charge >= 0.3 is 0 Å². The molecule has 6 nitrogen and oxygen atoms in total. The fraction of sp³-hybridized carbons (Fsp3) is 0.235. The predicted molar refractivity (Wildman–Crippen MR) is 92.4 cm³/mol. The second kappa shape index (κ2) is 7.83. The first-order valence-electron chi connectivity index (χ1n) is 7.50. The molecule has 0 fully saturated rings. The van der Waals surface area contributed by atoms with E-state index in [1.807, 2.05) is 6.92 Å². The molecule has 0 saturated heterocycles. The highest BCUT2D eigenvalue weighted by atomic mass is 32.2. The van der Waals surface area contributed by atoms with Crippen LogP contribution in [0.15, 0.2) is 53.4 Å². The van der Waals surface area contributed by atoms with Crippen LogP contribution in [0.1, 0.15) is 19.4 Å². The van der Waals surface area contributed by atoms with Gasteiger partial charge in [0.1, 0.15) is 5.75 Å². The molecule has 0 aliphatic rings. The topological polar surface area (TPSA) is 84.5 Å². The summed E-state index contributed by atoms with van der Waals surface area (Å²) in [6, 6.07) is 13.2. The Labute approximate surface area is 141 Å². The van der Waals surface area contributed by atoms with Crippen molar-refractivity contribution < 1.29 is 17.9 Å². The van der Waals surface area contributed by atoms with Gasteiger partial charge in [-0.25, -0.2) is 8.42 Å². The lowest BCUT2D eigenvalue weighted by Gasteiger charge is -2.13. The van der Waals surface area contributed by atoms with Crippen molar-refractivity contribution >= 4 is 21.6 Å². The molecule has 0 aromatic heterocycles. The summed E-state index contributed by atoms with van der Waals surface area (Å²) in [5.41, 5.74) is 1.21. The van der Waals surface area contributed by atoms with E-state index in [1.165, 1.54) is 19.1 Å². The van der Waals surface area contributed by atoms with Crippen LogP contribution in [-0.2, 0) is 21.4 Å². The van der Waals surface area contributed by atoms with Crippen LogP contribution in [0.4, 0.5) is 5.69 Å². The first-order valence-corrected chi connectivity index (χ1v) is 8.98. The number of hydrogen-bond acceptors (Lipinski definition) is 4. The fourth-order valence-electron chi connectivity index (χ4n) is 2.05. The van der Waals surface area contributed by atoms with Crippen LogP contribution >= 0.6 is 0 Å². The van der Waals surface area contributed by atoms with Gasteiger partial charge < -0.3 is 10.1 Å². The molecule has 2 N–H and O–H groups in total. The van der Waals surface area contributed by atoms with Crippen molar-refractivity contribution in [3.63, 3.8) is 0 Å². The Bertz CT molecular complexity index is 802. The molecule has 0 atom stereocenters. The van der Waals surface area contributed by atoms with E-state index in [-0.39, 0.29) is 10.8 Å². The molecule has 0 aliphatic carbocycles. The second-order valence-corrected chi connectivity index (χ2v) is 6.77. The number of nitrogens with one attached hydrogen (secondary N) is 2. The molecule has 0 bridgehead atoms. The highest BCUT2D eigenvalue weighted by Gasteiger charge is 2.16. The monoisotopic (exact) mass is 348 g/mol. The fourth-order valence-corrected chi connectivity index (χ4v) is 3.12. The van der Waals surface area contributed by atoms with Crippen molar-refractivity contribution in [3.8, 4) is 5.75 Å². The predicted octanol–water partition coefficient (Wildman–Crippen LogP) is 2.52. The Hall–Kier alpha value is -2.54. The molecule has 0 unspecified atom stereocenters. The van der Waals surface area contributed by atoms with Crippen molar-refractivity contribution in [2.24, 2.45) is 0 Å². The van der Waals surface area contributed by atoms with Crippen molar-refractivity contribution in [1.29, 1.82) is 0 Å². The number of hydrogen-bond donors (Lipinski definition) is 2. The lowest BCUT2D eigenvalue weighted by Crippen LogP contribution is -2.19. The quantitative estimate of drug-likeness (QED) is 0.805. The molecule has 0 heterocycles. The van der Waals surface area contributed by atoms with E-state index in [0.717, 1.165) is 5.56 Å². The molecule has 1 amide bonds. The molecule has 0 aliphatic heterocycles. The summed E-state index contributed by atoms with van der Waals surface area (Å²) < 4.78 is 33.0. The Kier molecular flexibility index (Phi) is 5.81. The summed E-state index contributed by atoms with van der Waals surface area (Å²) in [7, 11) is -3.72. The molecule has 0 spiro atoms. The van der Waals surface area contributed by atoms with Crippen LogP contribution in [0, 0.1) is 0 Å². The summed E-state index contributed by atoms with van der Waals surface area (Å²) in [5.74, 6) is 0.340. The molecule has 7 heteroatoms. The molecule has 2 rings (SSSR count). The minimum absolute atomic E-state index is 0.138. The van der Waals surface area contributed by atoms with Gasteiger partial charge in [0.05, 0.1) is 17.2 Å². The van der Waals surface area contributed by atoms with Crippen molar-refractivity contribution in [2.75, 3.05) is 11.3 Å². The first kappa shape index (κ1) is 17.8. The molecule has 2 aromatic carbocycles. The third-order valence-electron chi connectivity index (χ3n) is 3.21. The van der Waals surface area contributed by atoms with Crippen LogP contribution in [0.25, 0.3) is 0 Å². The number of carbonyl (C=O) groups excluding carboxylic acids is 1. The van der Waals surface area contributed by atoms with Crippen molar-refractivity contribution in [1.82, 2.24) is 5.32 Å². The van der Waals surface area contributed by atoms with E-state index in [4.69, 9.17) is 4.74 Å². The van der Waals surface area contributed by atoms with Crippen LogP contribution < -0.4 is 14.8 Å². The molecular weight excluding hydrogens is 328 g/mol. The molecular formula is C17H20N2O4S. The average molecular weight is 348 g/mol. The Balaban J connectivity index is 2.17. The number of ether oxygens (including phenoxy) is 1. The lowest BCUT2D eigenvalue weighted by molar-refractivity contribution is -0.119. The number of carbonyl (C=O) groups is 1. The number of benzene rings is 2. The largest absolute Gasteiger partial charge is 0.492 e. The smallest absolute Gasteiger partial charge is 0.262 e. The minimum atomic E-state index is -3.72. The maximum absolute atomic E-state index is 12.5. The van der Waals surface area contributed by atoms with E-state index in [0.29, 0.717) is 24.6 Å². The Morgan fingerprint density at radius 2 is 1.75 bits per heavy atom. The van der Waals surface area contributed by atoms with Gasteiger partial charge in [-0.15, -0.1) is 0 Å². The summed E-state index contributed by atoms with van der Waals surface area (Å²) >= 11 is 0. The van der Waals surface area contributed by atoms with Crippen molar-refractivity contribution in [2.45, 2.75) is 25.3 Å². The van der Waals surface area contributed by atoms with E-state index < -0.39 is 10.0 Å². The number of rotatable bonds is 7. The highest BCUT2D eigenvalue weighted by molar-refractivity contribution is 7.92. The van der Waals surface area contributed by atoms with Gasteiger partial charge in [-0.3, -0.25) is 9.52 Å². The van der Waals surface area contributed by atoms with Crippen LogP contribution in [0.5, 0.6) is 5.75 Å². The van der Waals surface area contributed by atoms with Gasteiger partial charge in [-0.1, -0.05) is 24.3 Å². The Morgan fingerprint density at radius 3 is 2.38 bits per heavy atom. The van der Waals surface area contributed by atoms with Gasteiger partial charge in [0.25, 0.3) is 10.0 Å². The highest BCUT2D eigenvalue weighted by Crippen LogP contribution is 2.26. The molecule has 2 aromatic rings. The standard InChI is InChI=1S/C17H20N2O4S/c1-3-23-17-7-5-4-6-16(17)19-24(21,22)15-10-8-14(9-11-15)12-18-13(2)20/h4-11,19H,3,12H2,1-2H3,(H,18,20). The van der Waals surface area contributed by atoms with E-state index >= 15 is 0 Å². The minimum Gasteiger partial charge on any atom is -0.492 e. The van der Waals surface area contributed by atoms with Crippen LogP contribution in [0.2, 0.25) is 0 Å². The third kappa shape index (κ3) is 4.73. The maximum Gasteiger partial charge on any atom is 0.262 e. The number of sulfonamides is 1. The van der Waals surface area contributed by atoms with Crippen molar-refractivity contribution in [3.05, 3.63) is 54.1 Å². The summed E-state index contributed by atoms with van der Waals surface area (Å²) in [6.07, 6.45) is 0.